The predicted molar refractivity (Wildman–Crippen MR) is 170 cm³/mol. The number of hydrogen-bond acceptors (Lipinski definition) is 8. The number of fused-ring (bicyclic) bond motifs is 1. The smallest absolute Gasteiger partial charge is 0.428 e. The van der Waals surface area contributed by atoms with Crippen LogP contribution in [0.4, 0.5) is 9.59 Å². The first-order valence-electron chi connectivity index (χ1n) is 14.7. The molecule has 3 aromatic rings. The van der Waals surface area contributed by atoms with Gasteiger partial charge in [-0.1, -0.05) is 30.3 Å². The Morgan fingerprint density at radius 1 is 0.739 bits per heavy atom. The molecule has 2 aromatic carbocycles. The van der Waals surface area contributed by atoms with Crippen LogP contribution in [0.5, 0.6) is 0 Å². The van der Waals surface area contributed by atoms with Crippen LogP contribution in [-0.2, 0) is 14.3 Å². The zero-order valence-electron chi connectivity index (χ0n) is 26.7. The number of hydrazone groups is 1. The van der Waals surface area contributed by atoms with Gasteiger partial charge in [-0.3, -0.25) is 19.8 Å². The van der Waals surface area contributed by atoms with Gasteiger partial charge in [0.15, 0.2) is 5.84 Å². The fraction of sp³-hybridized carbons (Fsp3) is 0.375. The molecule has 46 heavy (non-hydrogen) atoms. The Bertz CT molecular complexity index is 1640. The highest BCUT2D eigenvalue weighted by molar-refractivity contribution is 6.45. The Balaban J connectivity index is 1.53. The van der Waals surface area contributed by atoms with Gasteiger partial charge in [-0.05, 0) is 59.7 Å². The van der Waals surface area contributed by atoms with Crippen LogP contribution in [0, 0.1) is 0 Å². The van der Waals surface area contributed by atoms with E-state index in [-0.39, 0.29) is 30.4 Å². The molecule has 0 atom stereocenters. The lowest BCUT2D eigenvalue weighted by Crippen LogP contribution is -2.52. The summed E-state index contributed by atoms with van der Waals surface area (Å²) in [7, 11) is 0. The molecule has 1 aliphatic heterocycles. The number of H-pyrrole nitrogens is 1. The fourth-order valence-electron chi connectivity index (χ4n) is 4.65. The summed E-state index contributed by atoms with van der Waals surface area (Å²) in [6.45, 7) is 11.2. The molecule has 0 radical (unpaired) electrons. The second-order valence-corrected chi connectivity index (χ2v) is 12.5. The molecule has 4 N–H and O–H groups in total. The Kier molecular flexibility index (Phi) is 9.98. The third-order valence-electron chi connectivity index (χ3n) is 6.62. The highest BCUT2D eigenvalue weighted by atomic mass is 16.6. The molecule has 14 nitrogen and oxygen atoms in total. The standard InChI is InChI=1S/C32H39N7O7/c1-31(2,3)45-29(43)36-34-26(35-37-30(44)46-32(4,5)6)22-14-10-13-21-23(19-33-24(21)22)25(40)28(42)39-17-15-38(16-18-39)27(41)20-11-8-7-9-12-20/h7-14,19,33H,15-18H2,1-6H3,(H,34,35)(H,36,43)(H,37,44). The number of Topliss-reactive ketones (excluding diaryl/α,β-unsaturated/α-hetero) is 1. The molecule has 14 heteroatoms. The average Bonchev–Trinajstić information content (AvgIpc) is 3.43. The lowest BCUT2D eigenvalue weighted by molar-refractivity contribution is -0.127. The molecule has 0 saturated carbocycles. The number of carbonyl (C=O) groups excluding carboxylic acids is 5. The van der Waals surface area contributed by atoms with E-state index in [2.05, 4.69) is 26.4 Å². The first-order valence-corrected chi connectivity index (χ1v) is 14.7. The van der Waals surface area contributed by atoms with Crippen molar-refractivity contribution >= 4 is 46.5 Å². The van der Waals surface area contributed by atoms with Gasteiger partial charge in [-0.25, -0.2) is 20.4 Å². The van der Waals surface area contributed by atoms with Crippen molar-refractivity contribution in [2.24, 2.45) is 5.10 Å². The number of ketones is 1. The topological polar surface area (TPSA) is 175 Å². The van der Waals surface area contributed by atoms with Crippen LogP contribution in [0.2, 0.25) is 0 Å². The zero-order chi connectivity index (χ0) is 33.6. The van der Waals surface area contributed by atoms with E-state index in [1.54, 1.807) is 88.9 Å². The van der Waals surface area contributed by atoms with Gasteiger partial charge in [0, 0.05) is 48.9 Å². The summed E-state index contributed by atoms with van der Waals surface area (Å²) >= 11 is 0. The Morgan fingerprint density at radius 3 is 1.98 bits per heavy atom. The Labute approximate surface area is 266 Å². The van der Waals surface area contributed by atoms with Crippen LogP contribution in [0.1, 0.15) is 67.8 Å². The number of hydrogen-bond donors (Lipinski definition) is 4. The number of aromatic amines is 1. The van der Waals surface area contributed by atoms with Crippen molar-refractivity contribution < 1.29 is 33.4 Å². The van der Waals surface area contributed by atoms with E-state index in [1.807, 2.05) is 6.07 Å². The minimum absolute atomic E-state index is 0.0197. The average molecular weight is 634 g/mol. The van der Waals surface area contributed by atoms with Crippen LogP contribution in [0.25, 0.3) is 10.9 Å². The van der Waals surface area contributed by atoms with Gasteiger partial charge in [0.2, 0.25) is 0 Å². The fourth-order valence-corrected chi connectivity index (χ4v) is 4.65. The number of rotatable bonds is 5. The number of hydrazine groups is 1. The summed E-state index contributed by atoms with van der Waals surface area (Å²) in [5.41, 5.74) is 7.21. The maximum absolute atomic E-state index is 13.4. The first kappa shape index (κ1) is 33.5. The first-order chi connectivity index (χ1) is 21.6. The SMILES string of the molecule is CC(C)(C)OC(=O)N/N=C(\NNC(=O)OC(C)(C)C)c1cccc2c(C(=O)C(=O)N3CCN(C(=O)c4ccccc4)CC3)c[nH]c12. The van der Waals surface area contributed by atoms with Crippen molar-refractivity contribution in [3.8, 4) is 0 Å². The van der Waals surface area contributed by atoms with Gasteiger partial charge in [0.05, 0.1) is 11.1 Å². The normalized spacial score (nSPS) is 14.0. The monoisotopic (exact) mass is 633 g/mol. The van der Waals surface area contributed by atoms with Gasteiger partial charge in [0.1, 0.15) is 11.2 Å². The van der Waals surface area contributed by atoms with Crippen molar-refractivity contribution in [2.45, 2.75) is 52.7 Å². The van der Waals surface area contributed by atoms with Gasteiger partial charge >= 0.3 is 12.2 Å². The summed E-state index contributed by atoms with van der Waals surface area (Å²) in [4.78, 5) is 70.3. The molecule has 0 aliphatic carbocycles. The molecule has 0 bridgehead atoms. The van der Waals surface area contributed by atoms with Crippen LogP contribution in [-0.4, -0.2) is 87.8 Å². The molecule has 0 spiro atoms. The van der Waals surface area contributed by atoms with Crippen LogP contribution in [0.3, 0.4) is 0 Å². The minimum atomic E-state index is -0.838. The number of amides is 4. The molecule has 1 saturated heterocycles. The summed E-state index contributed by atoms with van der Waals surface area (Å²) in [6.07, 6.45) is -0.220. The lowest BCUT2D eigenvalue weighted by atomic mass is 10.0. The number of amidine groups is 1. The number of carbonyl (C=O) groups is 5. The summed E-state index contributed by atoms with van der Waals surface area (Å²) in [6, 6.07) is 13.8. The van der Waals surface area contributed by atoms with Gasteiger partial charge in [0.25, 0.3) is 17.6 Å². The quantitative estimate of drug-likeness (QED) is 0.108. The number of piperazine rings is 1. The third-order valence-corrected chi connectivity index (χ3v) is 6.62. The number of nitrogens with zero attached hydrogens (tertiary/aromatic N) is 3. The highest BCUT2D eigenvalue weighted by Crippen LogP contribution is 2.24. The van der Waals surface area contributed by atoms with Crippen molar-refractivity contribution in [3.05, 3.63) is 71.4 Å². The Hall–Kier alpha value is -5.40. The second kappa shape index (κ2) is 13.7. The van der Waals surface area contributed by atoms with Crippen molar-refractivity contribution in [2.75, 3.05) is 26.2 Å². The molecule has 4 amide bonds. The maximum atomic E-state index is 13.4. The van der Waals surface area contributed by atoms with Crippen molar-refractivity contribution in [3.63, 3.8) is 0 Å². The van der Waals surface area contributed by atoms with E-state index in [9.17, 15) is 24.0 Å². The van der Waals surface area contributed by atoms with E-state index in [1.165, 1.54) is 11.1 Å². The molecule has 1 fully saturated rings. The van der Waals surface area contributed by atoms with Crippen LogP contribution < -0.4 is 16.3 Å². The number of ether oxygens (including phenoxy) is 2. The molecule has 4 rings (SSSR count). The highest BCUT2D eigenvalue weighted by Gasteiger charge is 2.30. The molecular weight excluding hydrogens is 594 g/mol. The predicted octanol–water partition coefficient (Wildman–Crippen LogP) is 3.55. The van der Waals surface area contributed by atoms with Gasteiger partial charge in [-0.2, -0.15) is 0 Å². The summed E-state index contributed by atoms with van der Waals surface area (Å²) in [5.74, 6) is -1.56. The lowest BCUT2D eigenvalue weighted by Gasteiger charge is -2.34. The molecule has 1 aliphatic rings. The molecule has 244 valence electrons. The molecule has 1 aromatic heterocycles. The third kappa shape index (κ3) is 8.61. The van der Waals surface area contributed by atoms with Gasteiger partial charge in [-0.15, -0.1) is 5.10 Å². The van der Waals surface area contributed by atoms with Crippen LogP contribution in [0.15, 0.2) is 59.8 Å². The molecule has 0 unspecified atom stereocenters. The van der Waals surface area contributed by atoms with Gasteiger partial charge < -0.3 is 24.3 Å². The number of para-hydroxylation sites is 1. The summed E-state index contributed by atoms with van der Waals surface area (Å²) in [5, 5.41) is 4.52. The van der Waals surface area contributed by atoms with E-state index in [0.717, 1.165) is 0 Å². The molecular formula is C32H39N7O7. The van der Waals surface area contributed by atoms with Crippen molar-refractivity contribution in [1.82, 2.24) is 31.1 Å². The second-order valence-electron chi connectivity index (χ2n) is 12.5. The maximum Gasteiger partial charge on any atom is 0.428 e. The zero-order valence-corrected chi connectivity index (χ0v) is 26.7. The number of nitrogens with one attached hydrogen (secondary N) is 4. The van der Waals surface area contributed by atoms with E-state index in [4.69, 9.17) is 9.47 Å². The largest absolute Gasteiger partial charge is 0.443 e. The number of aromatic nitrogens is 1. The Morgan fingerprint density at radius 2 is 1.35 bits per heavy atom. The van der Waals surface area contributed by atoms with E-state index in [0.29, 0.717) is 35.1 Å². The minimum Gasteiger partial charge on any atom is -0.443 e. The van der Waals surface area contributed by atoms with Crippen molar-refractivity contribution in [1.29, 1.82) is 0 Å². The summed E-state index contributed by atoms with van der Waals surface area (Å²) < 4.78 is 10.5. The van der Waals surface area contributed by atoms with E-state index >= 15 is 0 Å². The van der Waals surface area contributed by atoms with Crippen LogP contribution >= 0.6 is 0 Å². The molecule has 2 heterocycles. The number of benzene rings is 2. The van der Waals surface area contributed by atoms with E-state index < -0.39 is 35.1 Å².